The van der Waals surface area contributed by atoms with Crippen LogP contribution in [0.2, 0.25) is 0 Å². The average Bonchev–Trinajstić information content (AvgIpc) is 2.88. The Morgan fingerprint density at radius 1 is 1.05 bits per heavy atom. The van der Waals surface area contributed by atoms with Gasteiger partial charge in [0.05, 0.1) is 0 Å². The normalized spacial score (nSPS) is 10.7. The standard InChI is InChI=1S/C17H16N2S2/c1-12-7-5-6-10-14(12)15-16(18)21-17(19-15)20-11-13-8-3-2-4-9-13/h2-10H,11,18H2,1H3. The molecule has 2 nitrogen and oxygen atoms in total. The van der Waals surface area contributed by atoms with E-state index in [-0.39, 0.29) is 0 Å². The van der Waals surface area contributed by atoms with Crippen LogP contribution in [-0.4, -0.2) is 4.98 Å². The summed E-state index contributed by atoms with van der Waals surface area (Å²) in [5, 5.41) is 0.792. The van der Waals surface area contributed by atoms with Crippen molar-refractivity contribution in [3.63, 3.8) is 0 Å². The maximum atomic E-state index is 6.15. The lowest BCUT2D eigenvalue weighted by atomic mass is 10.1. The van der Waals surface area contributed by atoms with Crippen molar-refractivity contribution in [1.82, 2.24) is 4.98 Å². The van der Waals surface area contributed by atoms with Crippen LogP contribution in [0.25, 0.3) is 11.3 Å². The van der Waals surface area contributed by atoms with Crippen molar-refractivity contribution in [3.05, 3.63) is 65.7 Å². The molecule has 21 heavy (non-hydrogen) atoms. The molecule has 0 saturated heterocycles. The van der Waals surface area contributed by atoms with Gasteiger partial charge in [-0.05, 0) is 18.1 Å². The summed E-state index contributed by atoms with van der Waals surface area (Å²) in [5.41, 5.74) is 10.7. The molecule has 3 aromatic rings. The van der Waals surface area contributed by atoms with Gasteiger partial charge < -0.3 is 5.73 Å². The van der Waals surface area contributed by atoms with Crippen molar-refractivity contribution in [2.75, 3.05) is 5.73 Å². The van der Waals surface area contributed by atoms with Crippen LogP contribution in [0.15, 0.2) is 58.9 Å². The van der Waals surface area contributed by atoms with Crippen LogP contribution in [-0.2, 0) is 5.75 Å². The zero-order chi connectivity index (χ0) is 14.7. The molecule has 0 spiro atoms. The highest BCUT2D eigenvalue weighted by molar-refractivity contribution is 8.00. The Balaban J connectivity index is 1.80. The second-order valence-corrected chi connectivity index (χ2v) is 7.03. The molecule has 2 N–H and O–H groups in total. The summed E-state index contributed by atoms with van der Waals surface area (Å²) < 4.78 is 1.02. The van der Waals surface area contributed by atoms with E-state index in [1.807, 2.05) is 18.2 Å². The zero-order valence-corrected chi connectivity index (χ0v) is 13.4. The van der Waals surface area contributed by atoms with E-state index in [4.69, 9.17) is 10.7 Å². The molecule has 4 heteroatoms. The van der Waals surface area contributed by atoms with Crippen LogP contribution in [0.5, 0.6) is 0 Å². The first-order valence-corrected chi connectivity index (χ1v) is 8.53. The Bertz CT molecular complexity index is 736. The molecule has 3 rings (SSSR count). The van der Waals surface area contributed by atoms with Crippen LogP contribution >= 0.6 is 23.1 Å². The predicted octanol–water partition coefficient (Wildman–Crippen LogP) is 4.99. The molecule has 1 aromatic heterocycles. The molecule has 0 radical (unpaired) electrons. The summed E-state index contributed by atoms with van der Waals surface area (Å²) in [7, 11) is 0. The molecule has 1 heterocycles. The Morgan fingerprint density at radius 3 is 2.52 bits per heavy atom. The molecule has 0 fully saturated rings. The number of hydrogen-bond donors (Lipinski definition) is 1. The largest absolute Gasteiger partial charge is 0.389 e. The number of thiazole rings is 1. The van der Waals surface area contributed by atoms with Gasteiger partial charge in [0.1, 0.15) is 10.7 Å². The van der Waals surface area contributed by atoms with Gasteiger partial charge in [-0.1, -0.05) is 77.7 Å². The number of aryl methyl sites for hydroxylation is 1. The van der Waals surface area contributed by atoms with Crippen LogP contribution in [0.1, 0.15) is 11.1 Å². The van der Waals surface area contributed by atoms with Crippen molar-refractivity contribution in [2.24, 2.45) is 0 Å². The molecule has 2 aromatic carbocycles. The molecule has 0 aliphatic heterocycles. The third-order valence-corrected chi connectivity index (χ3v) is 5.34. The van der Waals surface area contributed by atoms with E-state index in [1.54, 1.807) is 23.1 Å². The monoisotopic (exact) mass is 312 g/mol. The number of nitrogens with zero attached hydrogens (tertiary/aromatic N) is 1. The number of hydrogen-bond acceptors (Lipinski definition) is 4. The van der Waals surface area contributed by atoms with E-state index < -0.39 is 0 Å². The van der Waals surface area contributed by atoms with Gasteiger partial charge in [-0.3, -0.25) is 0 Å². The SMILES string of the molecule is Cc1ccccc1-c1nc(SCc2ccccc2)sc1N. The third-order valence-electron chi connectivity index (χ3n) is 3.24. The Hall–Kier alpha value is -1.78. The highest BCUT2D eigenvalue weighted by Gasteiger charge is 2.12. The fourth-order valence-corrected chi connectivity index (χ4v) is 4.02. The summed E-state index contributed by atoms with van der Waals surface area (Å²) in [6.45, 7) is 2.09. The Labute approximate surface area is 133 Å². The number of aromatic nitrogens is 1. The minimum absolute atomic E-state index is 0.792. The first-order valence-electron chi connectivity index (χ1n) is 6.73. The van der Waals surface area contributed by atoms with E-state index in [0.29, 0.717) is 0 Å². The number of benzene rings is 2. The quantitative estimate of drug-likeness (QED) is 0.690. The van der Waals surface area contributed by atoms with Crippen molar-refractivity contribution in [1.29, 1.82) is 0 Å². The molecule has 0 amide bonds. The number of rotatable bonds is 4. The van der Waals surface area contributed by atoms with E-state index in [9.17, 15) is 0 Å². The van der Waals surface area contributed by atoms with Gasteiger partial charge in [-0.2, -0.15) is 0 Å². The fraction of sp³-hybridized carbons (Fsp3) is 0.118. The molecule has 0 saturated carbocycles. The number of nitrogen functional groups attached to an aromatic ring is 1. The van der Waals surface area contributed by atoms with Gasteiger partial charge in [-0.15, -0.1) is 0 Å². The molecular formula is C17H16N2S2. The predicted molar refractivity (Wildman–Crippen MR) is 92.7 cm³/mol. The lowest BCUT2D eigenvalue weighted by molar-refractivity contribution is 1.24. The van der Waals surface area contributed by atoms with Crippen LogP contribution < -0.4 is 5.73 Å². The van der Waals surface area contributed by atoms with E-state index in [2.05, 4.69) is 43.3 Å². The van der Waals surface area contributed by atoms with Crippen LogP contribution in [0.3, 0.4) is 0 Å². The fourth-order valence-electron chi connectivity index (χ4n) is 2.12. The summed E-state index contributed by atoms with van der Waals surface area (Å²) in [6, 6.07) is 18.6. The van der Waals surface area contributed by atoms with Gasteiger partial charge in [0.15, 0.2) is 4.34 Å². The van der Waals surface area contributed by atoms with Crippen molar-refractivity contribution in [2.45, 2.75) is 17.0 Å². The molecule has 106 valence electrons. The number of nitrogens with two attached hydrogens (primary N) is 1. The minimum atomic E-state index is 0.792. The third kappa shape index (κ3) is 3.28. The molecular weight excluding hydrogens is 296 g/mol. The highest BCUT2D eigenvalue weighted by atomic mass is 32.2. The van der Waals surface area contributed by atoms with Crippen LogP contribution in [0, 0.1) is 6.92 Å². The summed E-state index contributed by atoms with van der Waals surface area (Å²) in [4.78, 5) is 4.71. The van der Waals surface area contributed by atoms with Gasteiger partial charge in [0.25, 0.3) is 0 Å². The Kier molecular flexibility index (Phi) is 4.27. The highest BCUT2D eigenvalue weighted by Crippen LogP contribution is 2.37. The molecule has 0 bridgehead atoms. The average molecular weight is 312 g/mol. The molecule has 0 aliphatic carbocycles. The maximum absolute atomic E-state index is 6.15. The van der Waals surface area contributed by atoms with Gasteiger partial charge >= 0.3 is 0 Å². The van der Waals surface area contributed by atoms with Crippen molar-refractivity contribution >= 4 is 28.1 Å². The molecule has 0 aliphatic rings. The smallest absolute Gasteiger partial charge is 0.152 e. The van der Waals surface area contributed by atoms with Gasteiger partial charge in [0.2, 0.25) is 0 Å². The first-order chi connectivity index (χ1) is 10.2. The van der Waals surface area contributed by atoms with Crippen molar-refractivity contribution in [3.8, 4) is 11.3 Å². The lowest BCUT2D eigenvalue weighted by Gasteiger charge is -2.02. The van der Waals surface area contributed by atoms with Crippen LogP contribution in [0.4, 0.5) is 5.00 Å². The Morgan fingerprint density at radius 2 is 1.76 bits per heavy atom. The van der Waals surface area contributed by atoms with Gasteiger partial charge in [-0.25, -0.2) is 4.98 Å². The summed E-state index contributed by atoms with van der Waals surface area (Å²) in [6.07, 6.45) is 0. The number of anilines is 1. The summed E-state index contributed by atoms with van der Waals surface area (Å²) in [5.74, 6) is 0.918. The molecule has 0 atom stereocenters. The lowest BCUT2D eigenvalue weighted by Crippen LogP contribution is -1.88. The van der Waals surface area contributed by atoms with E-state index >= 15 is 0 Å². The van der Waals surface area contributed by atoms with Crippen molar-refractivity contribution < 1.29 is 0 Å². The second kappa shape index (κ2) is 6.33. The minimum Gasteiger partial charge on any atom is -0.389 e. The topological polar surface area (TPSA) is 38.9 Å². The van der Waals surface area contributed by atoms with E-state index in [1.165, 1.54) is 11.1 Å². The zero-order valence-electron chi connectivity index (χ0n) is 11.7. The number of thioether (sulfide) groups is 1. The second-order valence-electron chi connectivity index (χ2n) is 4.78. The first kappa shape index (κ1) is 14.2. The molecule has 0 unspecified atom stereocenters. The summed E-state index contributed by atoms with van der Waals surface area (Å²) >= 11 is 3.30. The maximum Gasteiger partial charge on any atom is 0.152 e. The van der Waals surface area contributed by atoms with Gasteiger partial charge in [0, 0.05) is 11.3 Å². The van der Waals surface area contributed by atoms with E-state index in [0.717, 1.165) is 26.4 Å².